The van der Waals surface area contributed by atoms with Crippen LogP contribution in [0.5, 0.6) is 0 Å². The lowest BCUT2D eigenvalue weighted by Gasteiger charge is -2.41. The van der Waals surface area contributed by atoms with Crippen LogP contribution in [0, 0.1) is 5.92 Å². The minimum absolute atomic E-state index is 0.0360. The molecule has 1 aliphatic heterocycles. The van der Waals surface area contributed by atoms with Crippen LogP contribution < -0.4 is 0 Å². The van der Waals surface area contributed by atoms with Crippen LogP contribution in [0.15, 0.2) is 0 Å². The van der Waals surface area contributed by atoms with Gasteiger partial charge in [0.1, 0.15) is 0 Å². The lowest BCUT2D eigenvalue weighted by Crippen LogP contribution is -2.46. The van der Waals surface area contributed by atoms with Gasteiger partial charge in [0.2, 0.25) is 5.91 Å². The summed E-state index contributed by atoms with van der Waals surface area (Å²) in [6, 6.07) is 0.485. The van der Waals surface area contributed by atoms with Gasteiger partial charge in [0.15, 0.2) is 0 Å². The number of amides is 1. The highest BCUT2D eigenvalue weighted by atomic mass is 32.1. The Balaban J connectivity index is 1.95. The molecular formula is C17H31NOS. The van der Waals surface area contributed by atoms with E-state index < -0.39 is 0 Å². The maximum atomic E-state index is 12.7. The van der Waals surface area contributed by atoms with E-state index in [1.54, 1.807) is 0 Å². The summed E-state index contributed by atoms with van der Waals surface area (Å²) in [5.74, 6) is 1.14. The second kappa shape index (κ2) is 7.20. The Kier molecular flexibility index (Phi) is 5.83. The van der Waals surface area contributed by atoms with Crippen LogP contribution >= 0.6 is 12.6 Å². The Bertz CT molecular complexity index is 333. The van der Waals surface area contributed by atoms with Gasteiger partial charge in [-0.05, 0) is 44.4 Å². The molecule has 1 aliphatic carbocycles. The summed E-state index contributed by atoms with van der Waals surface area (Å²) in [6.07, 6.45) is 11.5. The number of carbonyl (C=O) groups is 1. The molecule has 116 valence electrons. The van der Waals surface area contributed by atoms with E-state index in [-0.39, 0.29) is 4.75 Å². The molecule has 2 nitrogen and oxygen atoms in total. The van der Waals surface area contributed by atoms with Crippen molar-refractivity contribution in [3.8, 4) is 0 Å². The molecule has 1 heterocycles. The van der Waals surface area contributed by atoms with E-state index in [4.69, 9.17) is 12.6 Å². The van der Waals surface area contributed by atoms with E-state index in [1.807, 2.05) is 0 Å². The molecule has 2 fully saturated rings. The van der Waals surface area contributed by atoms with Crippen LogP contribution in [0.3, 0.4) is 0 Å². The minimum Gasteiger partial charge on any atom is -0.340 e. The fourth-order valence-corrected chi connectivity index (χ4v) is 4.66. The van der Waals surface area contributed by atoms with Crippen molar-refractivity contribution in [2.75, 3.05) is 6.54 Å². The highest BCUT2D eigenvalue weighted by Crippen LogP contribution is 2.41. The van der Waals surface area contributed by atoms with Crippen LogP contribution in [-0.2, 0) is 4.79 Å². The van der Waals surface area contributed by atoms with Crippen molar-refractivity contribution < 1.29 is 4.79 Å². The van der Waals surface area contributed by atoms with E-state index in [2.05, 4.69) is 18.7 Å². The second-order valence-electron chi connectivity index (χ2n) is 6.92. The topological polar surface area (TPSA) is 20.3 Å². The summed E-state index contributed by atoms with van der Waals surface area (Å²) in [4.78, 5) is 14.9. The molecule has 0 aromatic heterocycles. The molecule has 20 heavy (non-hydrogen) atoms. The van der Waals surface area contributed by atoms with Crippen molar-refractivity contribution >= 4 is 18.5 Å². The van der Waals surface area contributed by atoms with E-state index in [0.717, 1.165) is 31.7 Å². The third kappa shape index (κ3) is 3.93. The van der Waals surface area contributed by atoms with Gasteiger partial charge in [0.25, 0.3) is 0 Å². The predicted octanol–water partition coefficient (Wildman–Crippen LogP) is 4.44. The number of hydrogen-bond donors (Lipinski definition) is 1. The fourth-order valence-electron chi connectivity index (χ4n) is 4.11. The van der Waals surface area contributed by atoms with Crippen molar-refractivity contribution in [1.82, 2.24) is 4.90 Å². The van der Waals surface area contributed by atoms with Gasteiger partial charge in [-0.25, -0.2) is 0 Å². The van der Waals surface area contributed by atoms with E-state index >= 15 is 0 Å². The third-order valence-electron chi connectivity index (χ3n) is 5.40. The molecule has 0 bridgehead atoms. The number of hydrogen-bond acceptors (Lipinski definition) is 2. The van der Waals surface area contributed by atoms with Crippen LogP contribution in [0.1, 0.15) is 78.1 Å². The van der Waals surface area contributed by atoms with Crippen molar-refractivity contribution in [3.63, 3.8) is 0 Å². The SMILES string of the molecule is CCC1CCCC(S)(CC(=O)N2CCCCC2CC)C1. The Morgan fingerprint density at radius 1 is 1.20 bits per heavy atom. The van der Waals surface area contributed by atoms with Gasteiger partial charge in [0, 0.05) is 23.8 Å². The number of rotatable bonds is 4. The number of nitrogens with zero attached hydrogens (tertiary/aromatic N) is 1. The van der Waals surface area contributed by atoms with E-state index in [0.29, 0.717) is 18.4 Å². The minimum atomic E-state index is -0.0360. The zero-order valence-corrected chi connectivity index (χ0v) is 14.1. The van der Waals surface area contributed by atoms with Gasteiger partial charge in [0.05, 0.1) is 0 Å². The first-order valence-electron chi connectivity index (χ1n) is 8.60. The molecule has 1 saturated heterocycles. The smallest absolute Gasteiger partial charge is 0.224 e. The largest absolute Gasteiger partial charge is 0.340 e. The van der Waals surface area contributed by atoms with Crippen LogP contribution in [0.2, 0.25) is 0 Å². The van der Waals surface area contributed by atoms with E-state index in [1.165, 1.54) is 38.5 Å². The summed E-state index contributed by atoms with van der Waals surface area (Å²) in [7, 11) is 0. The van der Waals surface area contributed by atoms with Gasteiger partial charge < -0.3 is 4.90 Å². The number of thiol groups is 1. The Morgan fingerprint density at radius 3 is 2.70 bits per heavy atom. The lowest BCUT2D eigenvalue weighted by molar-refractivity contribution is -0.135. The normalized spacial score (nSPS) is 35.0. The first kappa shape index (κ1) is 16.2. The predicted molar refractivity (Wildman–Crippen MR) is 88.2 cm³/mol. The summed E-state index contributed by atoms with van der Waals surface area (Å²) in [5, 5.41) is 0. The highest BCUT2D eigenvalue weighted by Gasteiger charge is 2.37. The molecule has 1 amide bonds. The second-order valence-corrected chi connectivity index (χ2v) is 7.87. The third-order valence-corrected chi connectivity index (χ3v) is 5.96. The maximum absolute atomic E-state index is 12.7. The maximum Gasteiger partial charge on any atom is 0.224 e. The molecule has 0 radical (unpaired) electrons. The molecule has 3 unspecified atom stereocenters. The summed E-state index contributed by atoms with van der Waals surface area (Å²) in [6.45, 7) is 5.45. The average Bonchev–Trinajstić information content (AvgIpc) is 2.46. The summed E-state index contributed by atoms with van der Waals surface area (Å²) >= 11 is 4.93. The van der Waals surface area contributed by atoms with Crippen LogP contribution in [0.4, 0.5) is 0 Å². The van der Waals surface area contributed by atoms with Gasteiger partial charge in [-0.1, -0.05) is 33.1 Å². The Morgan fingerprint density at radius 2 is 2.00 bits per heavy atom. The molecule has 3 atom stereocenters. The van der Waals surface area contributed by atoms with Crippen LogP contribution in [-0.4, -0.2) is 28.1 Å². The van der Waals surface area contributed by atoms with Crippen LogP contribution in [0.25, 0.3) is 0 Å². The molecule has 0 N–H and O–H groups in total. The zero-order chi connectivity index (χ0) is 14.6. The first-order valence-corrected chi connectivity index (χ1v) is 9.04. The van der Waals surface area contributed by atoms with E-state index in [9.17, 15) is 4.79 Å². The van der Waals surface area contributed by atoms with Crippen molar-refractivity contribution in [3.05, 3.63) is 0 Å². The number of piperidine rings is 1. The molecule has 0 aromatic rings. The van der Waals surface area contributed by atoms with Gasteiger partial charge in [-0.2, -0.15) is 12.6 Å². The summed E-state index contributed by atoms with van der Waals surface area (Å²) < 4.78 is -0.0360. The van der Waals surface area contributed by atoms with Gasteiger partial charge >= 0.3 is 0 Å². The highest BCUT2D eigenvalue weighted by molar-refractivity contribution is 7.81. The molecule has 1 saturated carbocycles. The summed E-state index contributed by atoms with van der Waals surface area (Å²) in [5.41, 5.74) is 0. The molecular weight excluding hydrogens is 266 g/mol. The number of carbonyl (C=O) groups excluding carboxylic acids is 1. The number of likely N-dealkylation sites (tertiary alicyclic amines) is 1. The first-order chi connectivity index (χ1) is 9.58. The quantitative estimate of drug-likeness (QED) is 0.761. The van der Waals surface area contributed by atoms with Crippen molar-refractivity contribution in [2.45, 2.75) is 88.8 Å². The molecule has 2 rings (SSSR count). The van der Waals surface area contributed by atoms with Gasteiger partial charge in [-0.15, -0.1) is 0 Å². The lowest BCUT2D eigenvalue weighted by atomic mass is 9.77. The average molecular weight is 298 g/mol. The standard InChI is InChI=1S/C17H31NOS/c1-3-14-8-7-10-17(20,12-14)13-16(19)18-11-6-5-9-15(18)4-2/h14-15,20H,3-13H2,1-2H3. The monoisotopic (exact) mass is 297 g/mol. The molecule has 3 heteroatoms. The molecule has 2 aliphatic rings. The zero-order valence-electron chi connectivity index (χ0n) is 13.2. The van der Waals surface area contributed by atoms with Crippen molar-refractivity contribution in [2.24, 2.45) is 5.92 Å². The molecule has 0 aromatic carbocycles. The van der Waals surface area contributed by atoms with Gasteiger partial charge in [-0.3, -0.25) is 4.79 Å². The van der Waals surface area contributed by atoms with Crippen molar-refractivity contribution in [1.29, 1.82) is 0 Å². The Labute approximate surface area is 130 Å². The fraction of sp³-hybridized carbons (Fsp3) is 0.941. The molecule has 0 spiro atoms. The Hall–Kier alpha value is -0.180.